The summed E-state index contributed by atoms with van der Waals surface area (Å²) in [6.45, 7) is 5.06. The maximum absolute atomic E-state index is 12.6. The zero-order chi connectivity index (χ0) is 17.6. The minimum atomic E-state index is 0.0178. The van der Waals surface area contributed by atoms with Crippen molar-refractivity contribution in [2.75, 3.05) is 37.7 Å². The van der Waals surface area contributed by atoms with Gasteiger partial charge in [-0.1, -0.05) is 0 Å². The average molecular weight is 336 g/mol. The van der Waals surface area contributed by atoms with Crippen LogP contribution in [-0.2, 0) is 0 Å². The van der Waals surface area contributed by atoms with Crippen LogP contribution in [0.4, 0.5) is 5.82 Å². The summed E-state index contributed by atoms with van der Waals surface area (Å²) in [5.74, 6) is 1.48. The Bertz CT molecular complexity index is 775. The molecule has 1 aromatic carbocycles. The van der Waals surface area contributed by atoms with E-state index in [0.717, 1.165) is 5.75 Å². The van der Waals surface area contributed by atoms with Crippen molar-refractivity contribution >= 4 is 11.7 Å². The Morgan fingerprint density at radius 2 is 1.92 bits per heavy atom. The van der Waals surface area contributed by atoms with Crippen LogP contribution in [0.15, 0.2) is 42.6 Å². The molecule has 6 heteroatoms. The first kappa shape index (κ1) is 16.8. The van der Waals surface area contributed by atoms with Gasteiger partial charge in [0.25, 0.3) is 5.91 Å². The predicted molar refractivity (Wildman–Crippen MR) is 94.7 cm³/mol. The molecule has 1 aliphatic rings. The third-order valence-electron chi connectivity index (χ3n) is 4.19. The van der Waals surface area contributed by atoms with Crippen molar-refractivity contribution in [2.45, 2.75) is 6.92 Å². The molecule has 1 saturated heterocycles. The predicted octanol–water partition coefficient (Wildman–Crippen LogP) is 2.31. The van der Waals surface area contributed by atoms with E-state index in [-0.39, 0.29) is 5.91 Å². The second kappa shape index (κ2) is 7.67. The van der Waals surface area contributed by atoms with Crippen LogP contribution in [0, 0.1) is 11.3 Å². The summed E-state index contributed by atoms with van der Waals surface area (Å²) >= 11 is 0. The number of hydrogen-bond acceptors (Lipinski definition) is 5. The van der Waals surface area contributed by atoms with E-state index in [1.807, 2.05) is 24.0 Å². The first-order valence-electron chi connectivity index (χ1n) is 8.35. The third kappa shape index (κ3) is 3.72. The molecule has 0 bridgehead atoms. The zero-order valence-corrected chi connectivity index (χ0v) is 14.2. The highest BCUT2D eigenvalue weighted by atomic mass is 16.5. The molecule has 3 rings (SSSR count). The van der Waals surface area contributed by atoms with Crippen LogP contribution in [0.3, 0.4) is 0 Å². The standard InChI is InChI=1S/C19H20N4O2/c1-2-25-17-7-5-15(6-8-17)19(24)23-12-10-22(11-13-23)18-16(14-20)4-3-9-21-18/h3-9H,2,10-13H2,1H3. The molecule has 0 saturated carbocycles. The number of piperazine rings is 1. The number of hydrogen-bond donors (Lipinski definition) is 0. The third-order valence-corrected chi connectivity index (χ3v) is 4.19. The number of anilines is 1. The fraction of sp³-hybridized carbons (Fsp3) is 0.316. The molecule has 2 aromatic rings. The second-order valence-corrected chi connectivity index (χ2v) is 5.72. The number of benzene rings is 1. The minimum Gasteiger partial charge on any atom is -0.494 e. The van der Waals surface area contributed by atoms with E-state index in [2.05, 4.69) is 16.0 Å². The van der Waals surface area contributed by atoms with E-state index in [1.54, 1.807) is 30.5 Å². The van der Waals surface area contributed by atoms with Crippen molar-refractivity contribution in [3.8, 4) is 11.8 Å². The molecule has 0 aliphatic carbocycles. The molecule has 0 N–H and O–H groups in total. The van der Waals surface area contributed by atoms with Gasteiger partial charge in [-0.15, -0.1) is 0 Å². The summed E-state index contributed by atoms with van der Waals surface area (Å²) in [5.41, 5.74) is 1.22. The summed E-state index contributed by atoms with van der Waals surface area (Å²) in [6, 6.07) is 12.9. The van der Waals surface area contributed by atoms with Crippen LogP contribution in [0.5, 0.6) is 5.75 Å². The number of nitriles is 1. The molecular weight excluding hydrogens is 316 g/mol. The number of aromatic nitrogens is 1. The quantitative estimate of drug-likeness (QED) is 0.857. The molecule has 25 heavy (non-hydrogen) atoms. The fourth-order valence-corrected chi connectivity index (χ4v) is 2.90. The van der Waals surface area contributed by atoms with Gasteiger partial charge in [0.05, 0.1) is 12.2 Å². The Morgan fingerprint density at radius 3 is 2.56 bits per heavy atom. The van der Waals surface area contributed by atoms with Gasteiger partial charge >= 0.3 is 0 Å². The fourth-order valence-electron chi connectivity index (χ4n) is 2.90. The normalized spacial score (nSPS) is 14.1. The van der Waals surface area contributed by atoms with Crippen molar-refractivity contribution in [1.29, 1.82) is 5.26 Å². The van der Waals surface area contributed by atoms with Crippen LogP contribution in [0.1, 0.15) is 22.8 Å². The summed E-state index contributed by atoms with van der Waals surface area (Å²) in [4.78, 5) is 20.8. The molecule has 2 heterocycles. The van der Waals surface area contributed by atoms with Gasteiger partial charge in [0.15, 0.2) is 0 Å². The Labute approximate surface area is 147 Å². The SMILES string of the molecule is CCOc1ccc(C(=O)N2CCN(c3ncccc3C#N)CC2)cc1. The monoisotopic (exact) mass is 336 g/mol. The lowest BCUT2D eigenvalue weighted by Crippen LogP contribution is -2.49. The highest BCUT2D eigenvalue weighted by Crippen LogP contribution is 2.19. The minimum absolute atomic E-state index is 0.0178. The summed E-state index contributed by atoms with van der Waals surface area (Å²) in [7, 11) is 0. The van der Waals surface area contributed by atoms with Crippen LogP contribution in [0.2, 0.25) is 0 Å². The van der Waals surface area contributed by atoms with E-state index in [9.17, 15) is 10.1 Å². The number of amides is 1. The van der Waals surface area contributed by atoms with E-state index in [0.29, 0.717) is 49.7 Å². The number of carbonyl (C=O) groups excluding carboxylic acids is 1. The summed E-state index contributed by atoms with van der Waals surface area (Å²) in [6.07, 6.45) is 1.69. The lowest BCUT2D eigenvalue weighted by atomic mass is 10.1. The smallest absolute Gasteiger partial charge is 0.253 e. The molecular formula is C19H20N4O2. The van der Waals surface area contributed by atoms with Gasteiger partial charge in [0.1, 0.15) is 17.6 Å². The number of pyridine rings is 1. The zero-order valence-electron chi connectivity index (χ0n) is 14.2. The molecule has 1 amide bonds. The molecule has 0 radical (unpaired) electrons. The number of rotatable bonds is 4. The van der Waals surface area contributed by atoms with Crippen LogP contribution < -0.4 is 9.64 Å². The number of nitrogens with zero attached hydrogens (tertiary/aromatic N) is 4. The van der Waals surface area contributed by atoms with E-state index < -0.39 is 0 Å². The Kier molecular flexibility index (Phi) is 5.14. The maximum Gasteiger partial charge on any atom is 0.253 e. The van der Waals surface area contributed by atoms with E-state index in [1.165, 1.54) is 0 Å². The van der Waals surface area contributed by atoms with Crippen LogP contribution >= 0.6 is 0 Å². The Morgan fingerprint density at radius 1 is 1.20 bits per heavy atom. The lowest BCUT2D eigenvalue weighted by Gasteiger charge is -2.35. The largest absolute Gasteiger partial charge is 0.494 e. The van der Waals surface area contributed by atoms with E-state index in [4.69, 9.17) is 4.74 Å². The van der Waals surface area contributed by atoms with Crippen molar-refractivity contribution in [2.24, 2.45) is 0 Å². The molecule has 1 fully saturated rings. The van der Waals surface area contributed by atoms with Crippen LogP contribution in [0.25, 0.3) is 0 Å². The molecule has 0 unspecified atom stereocenters. The lowest BCUT2D eigenvalue weighted by molar-refractivity contribution is 0.0746. The highest BCUT2D eigenvalue weighted by Gasteiger charge is 2.24. The van der Waals surface area contributed by atoms with Gasteiger partial charge in [0, 0.05) is 37.9 Å². The molecule has 128 valence electrons. The van der Waals surface area contributed by atoms with Crippen molar-refractivity contribution in [3.63, 3.8) is 0 Å². The first-order chi connectivity index (χ1) is 12.2. The highest BCUT2D eigenvalue weighted by molar-refractivity contribution is 5.94. The Hall–Kier alpha value is -3.07. The van der Waals surface area contributed by atoms with Gasteiger partial charge in [0.2, 0.25) is 0 Å². The Balaban J connectivity index is 1.64. The number of ether oxygens (including phenoxy) is 1. The number of carbonyl (C=O) groups is 1. The van der Waals surface area contributed by atoms with Crippen molar-refractivity contribution in [3.05, 3.63) is 53.7 Å². The molecule has 0 atom stereocenters. The van der Waals surface area contributed by atoms with Gasteiger partial charge in [-0.25, -0.2) is 4.98 Å². The topological polar surface area (TPSA) is 69.5 Å². The van der Waals surface area contributed by atoms with Crippen LogP contribution in [-0.4, -0.2) is 48.6 Å². The van der Waals surface area contributed by atoms with Gasteiger partial charge in [-0.05, 0) is 43.3 Å². The second-order valence-electron chi connectivity index (χ2n) is 5.72. The van der Waals surface area contributed by atoms with Crippen molar-refractivity contribution in [1.82, 2.24) is 9.88 Å². The maximum atomic E-state index is 12.6. The summed E-state index contributed by atoms with van der Waals surface area (Å²) in [5, 5.41) is 9.21. The van der Waals surface area contributed by atoms with Crippen molar-refractivity contribution < 1.29 is 9.53 Å². The summed E-state index contributed by atoms with van der Waals surface area (Å²) < 4.78 is 5.41. The molecule has 6 nitrogen and oxygen atoms in total. The van der Waals surface area contributed by atoms with Gasteiger partial charge in [-0.3, -0.25) is 4.79 Å². The average Bonchev–Trinajstić information content (AvgIpc) is 2.68. The van der Waals surface area contributed by atoms with Gasteiger partial charge in [-0.2, -0.15) is 5.26 Å². The van der Waals surface area contributed by atoms with Gasteiger partial charge < -0.3 is 14.5 Å². The molecule has 1 aromatic heterocycles. The molecule has 0 spiro atoms. The van der Waals surface area contributed by atoms with E-state index >= 15 is 0 Å². The molecule has 1 aliphatic heterocycles. The first-order valence-corrected chi connectivity index (χ1v) is 8.35.